The molecule has 0 saturated carbocycles. The summed E-state index contributed by atoms with van der Waals surface area (Å²) in [6.45, 7) is 0.634. The third-order valence-electron chi connectivity index (χ3n) is 8.38. The van der Waals surface area contributed by atoms with Gasteiger partial charge in [-0.25, -0.2) is 0 Å². The Labute approximate surface area is 361 Å². The van der Waals surface area contributed by atoms with E-state index in [-0.39, 0.29) is 88.3 Å². The monoisotopic (exact) mass is 917 g/mol. The first-order valence-corrected chi connectivity index (χ1v) is 20.9. The van der Waals surface area contributed by atoms with Crippen LogP contribution in [0.1, 0.15) is 56.1 Å². The van der Waals surface area contributed by atoms with E-state index in [1.807, 2.05) is 0 Å². The van der Waals surface area contributed by atoms with E-state index >= 15 is 0 Å². The lowest BCUT2D eigenvalue weighted by atomic mass is 10.0. The lowest BCUT2D eigenvalue weighted by Crippen LogP contribution is -2.26. The van der Waals surface area contributed by atoms with Gasteiger partial charge in [0, 0.05) is 30.6 Å². The van der Waals surface area contributed by atoms with Gasteiger partial charge in [0.2, 0.25) is 17.7 Å². The molecule has 1 heterocycles. The number of nitrogens with zero attached hydrogens (tertiary/aromatic N) is 3. The molecule has 0 fully saturated rings. The molecule has 17 nitrogen and oxygen atoms in total. The largest absolute Gasteiger partial charge is 0.416 e. The van der Waals surface area contributed by atoms with Crippen molar-refractivity contribution in [3.05, 3.63) is 47.2 Å². The molecule has 340 valence electrons. The van der Waals surface area contributed by atoms with E-state index in [0.29, 0.717) is 50.9 Å². The quantitative estimate of drug-likeness (QED) is 0.0262. The average Bonchev–Trinajstić information content (AvgIpc) is 3.18. The van der Waals surface area contributed by atoms with Gasteiger partial charge in [-0.2, -0.15) is 26.3 Å². The average molecular weight is 918 g/mol. The summed E-state index contributed by atoms with van der Waals surface area (Å²) in [5, 5.41) is 9.85. The maximum absolute atomic E-state index is 14.2. The fourth-order valence-corrected chi connectivity index (χ4v) is 7.33. The van der Waals surface area contributed by atoms with E-state index in [0.717, 1.165) is 41.7 Å². The Morgan fingerprint density at radius 1 is 0.661 bits per heavy atom. The second kappa shape index (κ2) is 24.2. The zero-order valence-electron chi connectivity index (χ0n) is 33.3. The number of hydrogen-bond acceptors (Lipinski definition) is 11. The lowest BCUT2D eigenvalue weighted by molar-refractivity contribution is -0.138. The summed E-state index contributed by atoms with van der Waals surface area (Å²) in [7, 11) is 0. The van der Waals surface area contributed by atoms with Gasteiger partial charge in [-0.05, 0) is 75.5 Å². The topological polar surface area (TPSA) is 310 Å². The minimum absolute atomic E-state index is 0.0164. The first kappa shape index (κ1) is 50.8. The van der Waals surface area contributed by atoms with Crippen molar-refractivity contribution in [1.82, 2.24) is 0 Å². The molecule has 4 amide bonds. The van der Waals surface area contributed by atoms with E-state index in [9.17, 15) is 45.5 Å². The number of halogens is 6. The molecule has 2 aromatic rings. The van der Waals surface area contributed by atoms with Crippen LogP contribution in [0.4, 0.5) is 49.1 Å². The Hall–Kier alpha value is -5.53. The van der Waals surface area contributed by atoms with Crippen LogP contribution < -0.4 is 55.7 Å². The highest BCUT2D eigenvalue weighted by Crippen LogP contribution is 2.43. The molecule has 0 spiro atoms. The Morgan fingerprint density at radius 2 is 1.08 bits per heavy atom. The number of guanidine groups is 2. The summed E-state index contributed by atoms with van der Waals surface area (Å²) < 4.78 is 85.1. The number of carbonyl (C=O) groups is 4. The van der Waals surface area contributed by atoms with Gasteiger partial charge in [-0.3, -0.25) is 34.2 Å². The van der Waals surface area contributed by atoms with E-state index < -0.39 is 58.7 Å². The molecule has 16 N–H and O–H groups in total. The SMILES string of the molecule is NCCCCC(=O)Nc1cc(C(F)(F)F)cc(NC(=O)C2=CC(C(=O)Nc3cc(C(F)(F)F)cc(NC(=O)CCCCN)c3SCCN=C(N)N)CC=N2)c1SCCN=C(N)N. The van der Waals surface area contributed by atoms with Crippen molar-refractivity contribution < 1.29 is 45.5 Å². The van der Waals surface area contributed by atoms with Crippen molar-refractivity contribution in [3.8, 4) is 0 Å². The van der Waals surface area contributed by atoms with Crippen molar-refractivity contribution in [3.63, 3.8) is 0 Å². The highest BCUT2D eigenvalue weighted by atomic mass is 32.2. The molecule has 0 aromatic heterocycles. The molecular weight excluding hydrogens is 869 g/mol. The van der Waals surface area contributed by atoms with Crippen molar-refractivity contribution in [2.75, 3.05) is 59.0 Å². The molecular formula is C37H49F6N13O4S2. The van der Waals surface area contributed by atoms with Gasteiger partial charge in [0.05, 0.1) is 62.7 Å². The number of nitrogens with one attached hydrogen (secondary N) is 4. The molecule has 1 aliphatic heterocycles. The minimum Gasteiger partial charge on any atom is -0.370 e. The van der Waals surface area contributed by atoms with E-state index in [2.05, 4.69) is 36.2 Å². The first-order valence-electron chi connectivity index (χ1n) is 19.0. The van der Waals surface area contributed by atoms with Gasteiger partial charge in [-0.15, -0.1) is 23.5 Å². The Balaban J connectivity index is 2.02. The molecule has 0 aliphatic carbocycles. The molecule has 2 aromatic carbocycles. The fraction of sp³-hybridized carbons (Fsp3) is 0.432. The second-order valence-electron chi connectivity index (χ2n) is 13.3. The van der Waals surface area contributed by atoms with Gasteiger partial charge < -0.3 is 55.7 Å². The second-order valence-corrected chi connectivity index (χ2v) is 15.6. The van der Waals surface area contributed by atoms with Gasteiger partial charge in [0.1, 0.15) is 5.70 Å². The number of amides is 4. The fourth-order valence-electron chi connectivity index (χ4n) is 5.49. The highest BCUT2D eigenvalue weighted by Gasteiger charge is 2.35. The molecule has 1 aliphatic rings. The molecule has 1 unspecified atom stereocenters. The number of alkyl halides is 6. The van der Waals surface area contributed by atoms with Crippen molar-refractivity contribution >= 4 is 88.0 Å². The van der Waals surface area contributed by atoms with Gasteiger partial charge in [0.25, 0.3) is 5.91 Å². The van der Waals surface area contributed by atoms with Gasteiger partial charge in [0.15, 0.2) is 11.9 Å². The smallest absolute Gasteiger partial charge is 0.370 e. The zero-order chi connectivity index (χ0) is 46.0. The number of thioether (sulfide) groups is 2. The maximum Gasteiger partial charge on any atom is 0.416 e. The van der Waals surface area contributed by atoms with Crippen LogP contribution >= 0.6 is 23.5 Å². The van der Waals surface area contributed by atoms with Crippen molar-refractivity contribution in [2.24, 2.45) is 55.3 Å². The third-order valence-corrected chi connectivity index (χ3v) is 10.6. The summed E-state index contributed by atoms with van der Waals surface area (Å²) in [4.78, 5) is 64.9. The van der Waals surface area contributed by atoms with Crippen LogP contribution in [0.25, 0.3) is 0 Å². The van der Waals surface area contributed by atoms with Crippen LogP contribution in [0.2, 0.25) is 0 Å². The summed E-state index contributed by atoms with van der Waals surface area (Å²) >= 11 is 1.88. The third kappa shape index (κ3) is 16.7. The van der Waals surface area contributed by atoms with Crippen LogP contribution in [0.15, 0.2) is 60.8 Å². The van der Waals surface area contributed by atoms with Gasteiger partial charge >= 0.3 is 12.4 Å². The molecule has 0 saturated heterocycles. The Bertz CT molecular complexity index is 2040. The molecule has 1 atom stereocenters. The Morgan fingerprint density at radius 3 is 1.48 bits per heavy atom. The summed E-state index contributed by atoms with van der Waals surface area (Å²) in [5.74, 6) is -4.67. The first-order chi connectivity index (χ1) is 29.2. The van der Waals surface area contributed by atoms with E-state index in [1.54, 1.807) is 0 Å². The number of unbranched alkanes of at least 4 members (excludes halogenated alkanes) is 2. The molecule has 62 heavy (non-hydrogen) atoms. The van der Waals surface area contributed by atoms with Crippen LogP contribution in [-0.2, 0) is 31.5 Å². The number of rotatable bonds is 22. The minimum atomic E-state index is -4.93. The zero-order valence-corrected chi connectivity index (χ0v) is 34.9. The standard InChI is InChI=1S/C37H49F6N13O4S2/c38-36(39,40)21-16-23(53-28(57)5-1-3-8-44)30(61-13-11-51-34(46)47)25(18-21)55-32(59)20-7-10-50-27(15-20)33(60)56-26-19-22(37(41,42)43)17-24(54-29(58)6-2-4-9-45)31(26)62-14-12-52-35(48)49/h10,15-20H,1-9,11-14,44-45H2,(H,53,57)(H,54,58)(H,55,59)(H,56,60)(H4,46,47,51)(H4,48,49,52). The number of hydrogen-bond donors (Lipinski definition) is 10. The molecule has 0 radical (unpaired) electrons. The number of aliphatic imine (C=N–C) groups is 3. The van der Waals surface area contributed by atoms with Crippen LogP contribution in [0.3, 0.4) is 0 Å². The van der Waals surface area contributed by atoms with Crippen LogP contribution in [0, 0.1) is 5.92 Å². The maximum atomic E-state index is 14.2. The number of carbonyl (C=O) groups excluding carboxylic acids is 4. The number of benzene rings is 2. The number of nitrogens with two attached hydrogens (primary N) is 6. The Kier molecular flexibility index (Phi) is 19.8. The predicted molar refractivity (Wildman–Crippen MR) is 231 cm³/mol. The van der Waals surface area contributed by atoms with Crippen molar-refractivity contribution in [2.45, 2.75) is 67.1 Å². The lowest BCUT2D eigenvalue weighted by Gasteiger charge is -2.22. The van der Waals surface area contributed by atoms with Gasteiger partial charge in [-0.1, -0.05) is 0 Å². The summed E-state index contributed by atoms with van der Waals surface area (Å²) in [6.07, 6.45) is -6.08. The van der Waals surface area contributed by atoms with Crippen LogP contribution in [-0.4, -0.2) is 79.4 Å². The summed E-state index contributed by atoms with van der Waals surface area (Å²) in [5.41, 5.74) is 28.6. The normalized spacial score (nSPS) is 13.7. The number of anilines is 4. The van der Waals surface area contributed by atoms with E-state index in [4.69, 9.17) is 34.4 Å². The molecule has 0 bridgehead atoms. The van der Waals surface area contributed by atoms with Crippen LogP contribution in [0.5, 0.6) is 0 Å². The van der Waals surface area contributed by atoms with Crippen molar-refractivity contribution in [1.29, 1.82) is 0 Å². The van der Waals surface area contributed by atoms with E-state index in [1.165, 1.54) is 6.21 Å². The highest BCUT2D eigenvalue weighted by molar-refractivity contribution is 7.99. The molecule has 3 rings (SSSR count). The summed E-state index contributed by atoms with van der Waals surface area (Å²) in [6, 6.07) is 2.80. The predicted octanol–water partition coefficient (Wildman–Crippen LogP) is 4.14. The molecule has 25 heteroatoms.